The highest BCUT2D eigenvalue weighted by Crippen LogP contribution is 2.09. The first-order valence-corrected chi connectivity index (χ1v) is 5.87. The fourth-order valence-electron chi connectivity index (χ4n) is 1.90. The summed E-state index contributed by atoms with van der Waals surface area (Å²) in [5, 5.41) is 7.67. The topological polar surface area (TPSA) is 42.7 Å². The minimum absolute atomic E-state index is 0.323. The molecule has 0 amide bonds. The Morgan fingerprint density at radius 2 is 2.00 bits per heavy atom. The van der Waals surface area contributed by atoms with Gasteiger partial charge in [-0.15, -0.1) is 0 Å². The molecule has 0 aromatic carbocycles. The molecule has 4 nitrogen and oxygen atoms in total. The van der Waals surface area contributed by atoms with Gasteiger partial charge in [-0.2, -0.15) is 5.10 Å². The van der Waals surface area contributed by atoms with Crippen LogP contribution in [0.3, 0.4) is 0 Å². The maximum absolute atomic E-state index is 4.17. The van der Waals surface area contributed by atoms with Crippen molar-refractivity contribution in [3.05, 3.63) is 48.0 Å². The van der Waals surface area contributed by atoms with Crippen molar-refractivity contribution < 1.29 is 0 Å². The second-order valence-corrected chi connectivity index (χ2v) is 4.16. The molecule has 0 saturated heterocycles. The van der Waals surface area contributed by atoms with Crippen LogP contribution in [-0.4, -0.2) is 21.3 Å². The number of rotatable bonds is 5. The summed E-state index contributed by atoms with van der Waals surface area (Å²) in [6.07, 6.45) is 6.51. The van der Waals surface area contributed by atoms with Crippen molar-refractivity contribution in [3.63, 3.8) is 0 Å². The quantitative estimate of drug-likeness (QED) is 0.850. The normalized spacial score (nSPS) is 12.6. The van der Waals surface area contributed by atoms with Crippen LogP contribution < -0.4 is 5.32 Å². The van der Waals surface area contributed by atoms with E-state index in [-0.39, 0.29) is 0 Å². The zero-order valence-corrected chi connectivity index (χ0v) is 10.3. The van der Waals surface area contributed by atoms with E-state index in [1.165, 1.54) is 11.3 Å². The number of hydrogen-bond donors (Lipinski definition) is 1. The lowest BCUT2D eigenvalue weighted by Gasteiger charge is -2.14. The van der Waals surface area contributed by atoms with Crippen LogP contribution in [-0.2, 0) is 13.5 Å². The summed E-state index contributed by atoms with van der Waals surface area (Å²) in [6.45, 7) is 3.11. The highest BCUT2D eigenvalue weighted by molar-refractivity contribution is 5.10. The minimum atomic E-state index is 0.323. The molecule has 2 aromatic rings. The molecule has 2 rings (SSSR count). The summed E-state index contributed by atoms with van der Waals surface area (Å²) in [4.78, 5) is 4.01. The Labute approximate surface area is 102 Å². The van der Waals surface area contributed by atoms with Crippen LogP contribution in [0, 0.1) is 0 Å². The summed E-state index contributed by atoms with van der Waals surface area (Å²) >= 11 is 0. The molecule has 0 radical (unpaired) electrons. The number of pyridine rings is 1. The summed E-state index contributed by atoms with van der Waals surface area (Å²) in [6, 6.07) is 6.47. The third kappa shape index (κ3) is 3.14. The number of hydrogen-bond acceptors (Lipinski definition) is 3. The van der Waals surface area contributed by atoms with Crippen molar-refractivity contribution in [1.29, 1.82) is 0 Å². The smallest absolute Gasteiger partial charge is 0.0547 e. The van der Waals surface area contributed by atoms with E-state index < -0.39 is 0 Å². The van der Waals surface area contributed by atoms with E-state index in [4.69, 9.17) is 0 Å². The molecule has 0 bridgehead atoms. The maximum atomic E-state index is 4.17. The summed E-state index contributed by atoms with van der Waals surface area (Å²) in [5.41, 5.74) is 2.52. The lowest BCUT2D eigenvalue weighted by Crippen LogP contribution is -2.23. The number of aromatic nitrogens is 3. The van der Waals surface area contributed by atoms with Gasteiger partial charge in [-0.25, -0.2) is 0 Å². The van der Waals surface area contributed by atoms with E-state index in [0.717, 1.165) is 13.0 Å². The Balaban J connectivity index is 1.81. The van der Waals surface area contributed by atoms with Gasteiger partial charge in [0.05, 0.1) is 5.69 Å². The van der Waals surface area contributed by atoms with Gasteiger partial charge in [-0.1, -0.05) is 0 Å². The molecule has 1 N–H and O–H groups in total. The van der Waals surface area contributed by atoms with E-state index >= 15 is 0 Å². The predicted octanol–water partition coefficient (Wildman–Crippen LogP) is 1.71. The van der Waals surface area contributed by atoms with Crippen LogP contribution in [0.5, 0.6) is 0 Å². The van der Waals surface area contributed by atoms with Gasteiger partial charge in [0.2, 0.25) is 0 Å². The first-order chi connectivity index (χ1) is 8.27. The summed E-state index contributed by atoms with van der Waals surface area (Å²) < 4.78 is 1.91. The third-order valence-corrected chi connectivity index (χ3v) is 2.92. The number of nitrogens with one attached hydrogen (secondary N) is 1. The van der Waals surface area contributed by atoms with Gasteiger partial charge < -0.3 is 5.32 Å². The predicted molar refractivity (Wildman–Crippen MR) is 67.6 cm³/mol. The molecular formula is C13H18N4. The van der Waals surface area contributed by atoms with Gasteiger partial charge >= 0.3 is 0 Å². The van der Waals surface area contributed by atoms with Gasteiger partial charge in [-0.3, -0.25) is 9.67 Å². The Morgan fingerprint density at radius 3 is 2.65 bits per heavy atom. The van der Waals surface area contributed by atoms with Crippen LogP contribution in [0.4, 0.5) is 0 Å². The number of nitrogens with zero attached hydrogens (tertiary/aromatic N) is 3. The summed E-state index contributed by atoms with van der Waals surface area (Å²) in [5.74, 6) is 0. The molecule has 4 heteroatoms. The van der Waals surface area contributed by atoms with Gasteiger partial charge in [0.25, 0.3) is 0 Å². The van der Waals surface area contributed by atoms with Crippen LogP contribution in [0.1, 0.15) is 24.2 Å². The third-order valence-electron chi connectivity index (χ3n) is 2.92. The first kappa shape index (κ1) is 11.8. The fraction of sp³-hybridized carbons (Fsp3) is 0.385. The van der Waals surface area contributed by atoms with Crippen molar-refractivity contribution in [2.75, 3.05) is 6.54 Å². The zero-order valence-electron chi connectivity index (χ0n) is 10.3. The molecule has 0 spiro atoms. The lowest BCUT2D eigenvalue weighted by molar-refractivity contribution is 0.533. The highest BCUT2D eigenvalue weighted by Gasteiger charge is 2.07. The Morgan fingerprint density at radius 1 is 1.24 bits per heavy atom. The largest absolute Gasteiger partial charge is 0.309 e. The van der Waals surface area contributed by atoms with Crippen molar-refractivity contribution in [3.8, 4) is 0 Å². The average molecular weight is 230 g/mol. The molecule has 1 unspecified atom stereocenters. The summed E-state index contributed by atoms with van der Waals surface area (Å²) in [7, 11) is 1.97. The maximum Gasteiger partial charge on any atom is 0.0547 e. The molecule has 0 fully saturated rings. The van der Waals surface area contributed by atoms with E-state index in [9.17, 15) is 0 Å². The molecule has 1 atom stereocenters. The second kappa shape index (κ2) is 5.59. The average Bonchev–Trinajstić information content (AvgIpc) is 2.77. The van der Waals surface area contributed by atoms with Crippen LogP contribution >= 0.6 is 0 Å². The molecule has 17 heavy (non-hydrogen) atoms. The van der Waals surface area contributed by atoms with Crippen molar-refractivity contribution >= 4 is 0 Å². The lowest BCUT2D eigenvalue weighted by atomic mass is 10.2. The van der Waals surface area contributed by atoms with Crippen LogP contribution in [0.25, 0.3) is 0 Å². The van der Waals surface area contributed by atoms with Crippen molar-refractivity contribution in [2.24, 2.45) is 7.05 Å². The Kier molecular flexibility index (Phi) is 3.88. The van der Waals surface area contributed by atoms with E-state index in [1.807, 2.05) is 36.4 Å². The van der Waals surface area contributed by atoms with Crippen LogP contribution in [0.2, 0.25) is 0 Å². The first-order valence-electron chi connectivity index (χ1n) is 5.87. The monoisotopic (exact) mass is 230 g/mol. The van der Waals surface area contributed by atoms with Gasteiger partial charge in [0, 0.05) is 31.7 Å². The van der Waals surface area contributed by atoms with E-state index in [0.29, 0.717) is 6.04 Å². The van der Waals surface area contributed by atoms with E-state index in [2.05, 4.69) is 34.5 Å². The molecule has 0 aliphatic rings. The molecule has 0 aliphatic heterocycles. The van der Waals surface area contributed by atoms with Crippen molar-refractivity contribution in [1.82, 2.24) is 20.1 Å². The minimum Gasteiger partial charge on any atom is -0.309 e. The molecule has 2 heterocycles. The highest BCUT2D eigenvalue weighted by atomic mass is 15.3. The second-order valence-electron chi connectivity index (χ2n) is 4.16. The zero-order chi connectivity index (χ0) is 12.1. The molecular weight excluding hydrogens is 212 g/mol. The molecule has 0 saturated carbocycles. The SMILES string of the molecule is CC(NCCc1ccncc1)c1ccnn1C. The fourth-order valence-corrected chi connectivity index (χ4v) is 1.90. The van der Waals surface area contributed by atoms with Gasteiger partial charge in [0.1, 0.15) is 0 Å². The standard InChI is InChI=1S/C13H18N4/c1-11(13-6-10-16-17(13)2)15-9-5-12-3-7-14-8-4-12/h3-4,6-8,10-11,15H,5,9H2,1-2H3. The molecule has 90 valence electrons. The van der Waals surface area contributed by atoms with Gasteiger partial charge in [-0.05, 0) is 43.7 Å². The Bertz CT molecular complexity index is 449. The molecule has 2 aromatic heterocycles. The number of aryl methyl sites for hydroxylation is 1. The van der Waals surface area contributed by atoms with E-state index in [1.54, 1.807) is 0 Å². The molecule has 0 aliphatic carbocycles. The van der Waals surface area contributed by atoms with Crippen LogP contribution in [0.15, 0.2) is 36.8 Å². The van der Waals surface area contributed by atoms with Gasteiger partial charge in [0.15, 0.2) is 0 Å². The van der Waals surface area contributed by atoms with Crippen molar-refractivity contribution in [2.45, 2.75) is 19.4 Å². The Hall–Kier alpha value is -1.68.